The Hall–Kier alpha value is -1.55. The Morgan fingerprint density at radius 1 is 1.32 bits per heavy atom. The molecule has 1 saturated heterocycles. The maximum absolute atomic E-state index is 12.5. The lowest BCUT2D eigenvalue weighted by molar-refractivity contribution is 0.00651. The van der Waals surface area contributed by atoms with Crippen LogP contribution in [-0.4, -0.2) is 35.2 Å². The Balaban J connectivity index is 2.24. The molecule has 1 aromatic rings. The molecule has 1 aromatic carbocycles. The van der Waals surface area contributed by atoms with Crippen molar-refractivity contribution in [2.75, 3.05) is 6.54 Å². The first-order valence-electron chi connectivity index (χ1n) is 8.00. The first-order chi connectivity index (χ1) is 10.2. The molecule has 0 aromatic heterocycles. The molecular weight excluding hydrogens is 276 g/mol. The van der Waals surface area contributed by atoms with E-state index in [1.807, 2.05) is 32.9 Å². The Labute approximate surface area is 133 Å². The molecule has 1 heterocycles. The Morgan fingerprint density at radius 3 is 2.55 bits per heavy atom. The molecule has 1 fully saturated rings. The third kappa shape index (κ3) is 3.80. The zero-order chi connectivity index (χ0) is 16.5. The van der Waals surface area contributed by atoms with E-state index in [-0.39, 0.29) is 24.1 Å². The van der Waals surface area contributed by atoms with Gasteiger partial charge in [-0.2, -0.15) is 0 Å². The number of benzene rings is 1. The average Bonchev–Trinajstić information content (AvgIpc) is 2.40. The van der Waals surface area contributed by atoms with Crippen molar-refractivity contribution in [3.05, 3.63) is 35.4 Å². The minimum Gasteiger partial charge on any atom is -0.444 e. The van der Waals surface area contributed by atoms with Crippen molar-refractivity contribution in [2.24, 2.45) is 5.73 Å². The van der Waals surface area contributed by atoms with E-state index in [0.717, 1.165) is 6.42 Å². The van der Waals surface area contributed by atoms with Crippen LogP contribution in [0, 0.1) is 6.92 Å². The van der Waals surface area contributed by atoms with Gasteiger partial charge in [-0.1, -0.05) is 24.3 Å². The monoisotopic (exact) mass is 304 g/mol. The second-order valence-electron chi connectivity index (χ2n) is 7.33. The molecule has 1 amide bonds. The normalized spacial score (nSPS) is 25.9. The lowest BCUT2D eigenvalue weighted by Crippen LogP contribution is -2.54. The van der Waals surface area contributed by atoms with E-state index >= 15 is 0 Å². The number of aryl methyl sites for hydroxylation is 1. The molecule has 3 unspecified atom stereocenters. The standard InChI is InChI=1S/C18H28N2O2/c1-12-8-6-7-9-15(12)16-10-14(19)11-20(13(16)2)17(21)22-18(3,4)5/h6-9,13-14,16H,10-11,19H2,1-5H3. The molecule has 0 spiro atoms. The quantitative estimate of drug-likeness (QED) is 0.864. The van der Waals surface area contributed by atoms with Crippen LogP contribution in [0.3, 0.4) is 0 Å². The van der Waals surface area contributed by atoms with E-state index in [9.17, 15) is 4.79 Å². The molecule has 4 heteroatoms. The summed E-state index contributed by atoms with van der Waals surface area (Å²) in [5.41, 5.74) is 8.25. The van der Waals surface area contributed by atoms with E-state index in [1.54, 1.807) is 4.90 Å². The van der Waals surface area contributed by atoms with Gasteiger partial charge in [0.25, 0.3) is 0 Å². The minimum atomic E-state index is -0.490. The van der Waals surface area contributed by atoms with Crippen molar-refractivity contribution in [3.63, 3.8) is 0 Å². The summed E-state index contributed by atoms with van der Waals surface area (Å²) in [6.07, 6.45) is 0.624. The van der Waals surface area contributed by atoms with E-state index < -0.39 is 5.60 Å². The zero-order valence-corrected chi connectivity index (χ0v) is 14.3. The lowest BCUT2D eigenvalue weighted by Gasteiger charge is -2.43. The number of rotatable bonds is 1. The van der Waals surface area contributed by atoms with Crippen LogP contribution in [0.15, 0.2) is 24.3 Å². The topological polar surface area (TPSA) is 55.6 Å². The van der Waals surface area contributed by atoms with Crippen LogP contribution in [0.5, 0.6) is 0 Å². The molecule has 0 saturated carbocycles. The predicted octanol–water partition coefficient (Wildman–Crippen LogP) is 3.44. The molecule has 0 aliphatic carbocycles. The van der Waals surface area contributed by atoms with Crippen molar-refractivity contribution in [1.29, 1.82) is 0 Å². The summed E-state index contributed by atoms with van der Waals surface area (Å²) in [4.78, 5) is 14.3. The maximum Gasteiger partial charge on any atom is 0.410 e. The van der Waals surface area contributed by atoms with Crippen LogP contribution in [-0.2, 0) is 4.74 Å². The molecule has 0 radical (unpaired) electrons. The number of amides is 1. The second-order valence-corrected chi connectivity index (χ2v) is 7.33. The molecule has 2 N–H and O–H groups in total. The van der Waals surface area contributed by atoms with Crippen LogP contribution in [0.4, 0.5) is 4.79 Å². The van der Waals surface area contributed by atoms with Gasteiger partial charge in [-0.3, -0.25) is 0 Å². The number of likely N-dealkylation sites (tertiary alicyclic amines) is 1. The highest BCUT2D eigenvalue weighted by atomic mass is 16.6. The largest absolute Gasteiger partial charge is 0.444 e. The smallest absolute Gasteiger partial charge is 0.410 e. The summed E-state index contributed by atoms with van der Waals surface area (Å²) < 4.78 is 5.54. The summed E-state index contributed by atoms with van der Waals surface area (Å²) in [5.74, 6) is 0.248. The van der Waals surface area contributed by atoms with Gasteiger partial charge < -0.3 is 15.4 Å². The highest BCUT2D eigenvalue weighted by molar-refractivity contribution is 5.69. The SMILES string of the molecule is Cc1ccccc1C1CC(N)CN(C(=O)OC(C)(C)C)C1C. The van der Waals surface area contributed by atoms with E-state index in [0.29, 0.717) is 6.54 Å². The highest BCUT2D eigenvalue weighted by Gasteiger charge is 2.37. The lowest BCUT2D eigenvalue weighted by atomic mass is 9.81. The van der Waals surface area contributed by atoms with Gasteiger partial charge in [-0.25, -0.2) is 4.79 Å². The van der Waals surface area contributed by atoms with Gasteiger partial charge in [0.05, 0.1) is 0 Å². The van der Waals surface area contributed by atoms with E-state index in [2.05, 4.69) is 26.0 Å². The average molecular weight is 304 g/mol. The second kappa shape index (κ2) is 6.29. The molecule has 2 rings (SSSR count). The summed E-state index contributed by atoms with van der Waals surface area (Å²) in [6.45, 7) is 10.4. The van der Waals surface area contributed by atoms with Crippen molar-refractivity contribution in [3.8, 4) is 0 Å². The van der Waals surface area contributed by atoms with Crippen molar-refractivity contribution < 1.29 is 9.53 Å². The third-order valence-electron chi connectivity index (χ3n) is 4.28. The molecule has 4 nitrogen and oxygen atoms in total. The molecule has 122 valence electrons. The van der Waals surface area contributed by atoms with Crippen LogP contribution >= 0.6 is 0 Å². The van der Waals surface area contributed by atoms with Crippen molar-refractivity contribution >= 4 is 6.09 Å². The first-order valence-corrected chi connectivity index (χ1v) is 8.00. The van der Waals surface area contributed by atoms with Crippen LogP contribution in [0.1, 0.15) is 51.2 Å². The van der Waals surface area contributed by atoms with Gasteiger partial charge in [-0.05, 0) is 52.2 Å². The Bertz CT molecular complexity index is 536. The van der Waals surface area contributed by atoms with Gasteiger partial charge >= 0.3 is 6.09 Å². The number of carbonyl (C=O) groups excluding carboxylic acids is 1. The van der Waals surface area contributed by atoms with E-state index in [1.165, 1.54) is 11.1 Å². The fourth-order valence-electron chi connectivity index (χ4n) is 3.18. The van der Waals surface area contributed by atoms with Gasteiger partial charge in [0, 0.05) is 24.5 Å². The Kier molecular flexibility index (Phi) is 4.81. The summed E-state index contributed by atoms with van der Waals surface area (Å²) >= 11 is 0. The zero-order valence-electron chi connectivity index (χ0n) is 14.3. The fraction of sp³-hybridized carbons (Fsp3) is 0.611. The highest BCUT2D eigenvalue weighted by Crippen LogP contribution is 2.34. The minimum absolute atomic E-state index is 0.0201. The van der Waals surface area contributed by atoms with Gasteiger partial charge in [0.15, 0.2) is 0 Å². The van der Waals surface area contributed by atoms with Crippen molar-refractivity contribution in [1.82, 2.24) is 4.90 Å². The first kappa shape index (κ1) is 16.8. The number of piperidine rings is 1. The fourth-order valence-corrected chi connectivity index (χ4v) is 3.18. The van der Waals surface area contributed by atoms with Gasteiger partial charge in [-0.15, -0.1) is 0 Å². The molecule has 1 aliphatic rings. The summed E-state index contributed by atoms with van der Waals surface area (Å²) in [5, 5.41) is 0. The molecular formula is C18H28N2O2. The van der Waals surface area contributed by atoms with Gasteiger partial charge in [0.1, 0.15) is 5.60 Å². The van der Waals surface area contributed by atoms with Gasteiger partial charge in [0.2, 0.25) is 0 Å². The third-order valence-corrected chi connectivity index (χ3v) is 4.28. The maximum atomic E-state index is 12.5. The van der Waals surface area contributed by atoms with Crippen LogP contribution in [0.25, 0.3) is 0 Å². The number of nitrogens with two attached hydrogens (primary N) is 1. The molecule has 1 aliphatic heterocycles. The number of hydrogen-bond donors (Lipinski definition) is 1. The Morgan fingerprint density at radius 2 is 1.95 bits per heavy atom. The number of carbonyl (C=O) groups is 1. The van der Waals surface area contributed by atoms with Crippen molar-refractivity contribution in [2.45, 2.75) is 64.6 Å². The molecule has 0 bridgehead atoms. The number of nitrogens with zero attached hydrogens (tertiary/aromatic N) is 1. The number of hydrogen-bond acceptors (Lipinski definition) is 3. The van der Waals surface area contributed by atoms with Crippen LogP contribution in [0.2, 0.25) is 0 Å². The predicted molar refractivity (Wildman–Crippen MR) is 88.9 cm³/mol. The molecule has 3 atom stereocenters. The molecule has 22 heavy (non-hydrogen) atoms. The van der Waals surface area contributed by atoms with Crippen LogP contribution < -0.4 is 5.73 Å². The number of ether oxygens (including phenoxy) is 1. The van der Waals surface area contributed by atoms with E-state index in [4.69, 9.17) is 10.5 Å². The summed E-state index contributed by atoms with van der Waals surface area (Å²) in [7, 11) is 0. The summed E-state index contributed by atoms with van der Waals surface area (Å²) in [6, 6.07) is 8.40.